The van der Waals surface area contributed by atoms with E-state index in [0.717, 1.165) is 11.3 Å². The molecule has 2 N–H and O–H groups in total. The Balaban J connectivity index is 0.00000264. The second-order valence-electron chi connectivity index (χ2n) is 5.07. The molecule has 0 aliphatic carbocycles. The zero-order chi connectivity index (χ0) is 15.8. The van der Waals surface area contributed by atoms with Crippen molar-refractivity contribution < 1.29 is 9.53 Å². The first-order valence-electron chi connectivity index (χ1n) is 7.26. The van der Waals surface area contributed by atoms with Gasteiger partial charge in [0.15, 0.2) is 0 Å². The maximum absolute atomic E-state index is 12.0. The standard InChI is InChI=1S/C17H21N3O2.ClH/c1-13(18-2)11-20-17(21)15-3-5-16(6-4-15)22-12-14-7-9-19-10-8-14;/h3-10,13,18H,11-12H2,1-2H3,(H,20,21);1H. The van der Waals surface area contributed by atoms with Gasteiger partial charge in [-0.3, -0.25) is 9.78 Å². The van der Waals surface area contributed by atoms with Gasteiger partial charge in [0.1, 0.15) is 12.4 Å². The van der Waals surface area contributed by atoms with E-state index in [2.05, 4.69) is 15.6 Å². The number of carbonyl (C=O) groups excluding carboxylic acids is 1. The van der Waals surface area contributed by atoms with Crippen molar-refractivity contribution in [3.8, 4) is 5.75 Å². The van der Waals surface area contributed by atoms with Crippen molar-refractivity contribution in [1.29, 1.82) is 0 Å². The van der Waals surface area contributed by atoms with Gasteiger partial charge in [0.25, 0.3) is 5.91 Å². The number of halogens is 1. The van der Waals surface area contributed by atoms with Crippen molar-refractivity contribution in [3.05, 3.63) is 59.9 Å². The third-order valence-corrected chi connectivity index (χ3v) is 3.33. The Hall–Kier alpha value is -2.11. The average molecular weight is 336 g/mol. The fraction of sp³-hybridized carbons (Fsp3) is 0.294. The highest BCUT2D eigenvalue weighted by Crippen LogP contribution is 2.14. The highest BCUT2D eigenvalue weighted by atomic mass is 35.5. The van der Waals surface area contributed by atoms with Crippen LogP contribution in [0.15, 0.2) is 48.8 Å². The van der Waals surface area contributed by atoms with Crippen LogP contribution in [0.25, 0.3) is 0 Å². The predicted octanol–water partition coefficient (Wildman–Crippen LogP) is 2.42. The summed E-state index contributed by atoms with van der Waals surface area (Å²) in [7, 11) is 1.87. The van der Waals surface area contributed by atoms with E-state index in [1.807, 2.05) is 26.1 Å². The maximum atomic E-state index is 12.0. The molecular formula is C17H22ClN3O2. The number of benzene rings is 1. The minimum atomic E-state index is -0.0808. The lowest BCUT2D eigenvalue weighted by Crippen LogP contribution is -2.37. The van der Waals surface area contributed by atoms with Crippen LogP contribution in [0.1, 0.15) is 22.8 Å². The summed E-state index contributed by atoms with van der Waals surface area (Å²) in [6.45, 7) is 3.08. The van der Waals surface area contributed by atoms with Gasteiger partial charge < -0.3 is 15.4 Å². The van der Waals surface area contributed by atoms with Gasteiger partial charge >= 0.3 is 0 Å². The van der Waals surface area contributed by atoms with Crippen molar-refractivity contribution in [2.75, 3.05) is 13.6 Å². The van der Waals surface area contributed by atoms with Gasteiger partial charge in [0, 0.05) is 30.5 Å². The molecule has 0 bridgehead atoms. The molecule has 1 aromatic carbocycles. The van der Waals surface area contributed by atoms with E-state index in [1.54, 1.807) is 36.7 Å². The summed E-state index contributed by atoms with van der Waals surface area (Å²) in [5, 5.41) is 5.95. The molecule has 1 heterocycles. The molecular weight excluding hydrogens is 314 g/mol. The summed E-state index contributed by atoms with van der Waals surface area (Å²) in [5.41, 5.74) is 1.68. The van der Waals surface area contributed by atoms with Crippen LogP contribution in [0.5, 0.6) is 5.75 Å². The fourth-order valence-electron chi connectivity index (χ4n) is 1.80. The van der Waals surface area contributed by atoms with Crippen LogP contribution in [0.2, 0.25) is 0 Å². The molecule has 1 aromatic heterocycles. The zero-order valence-corrected chi connectivity index (χ0v) is 14.1. The summed E-state index contributed by atoms with van der Waals surface area (Å²) in [4.78, 5) is 15.9. The smallest absolute Gasteiger partial charge is 0.251 e. The van der Waals surface area contributed by atoms with Crippen molar-refractivity contribution >= 4 is 18.3 Å². The number of nitrogens with zero attached hydrogens (tertiary/aromatic N) is 1. The van der Waals surface area contributed by atoms with Crippen LogP contribution in [0, 0.1) is 0 Å². The molecule has 2 rings (SSSR count). The Morgan fingerprint density at radius 1 is 1.17 bits per heavy atom. The topological polar surface area (TPSA) is 63.2 Å². The van der Waals surface area contributed by atoms with Crippen molar-refractivity contribution in [2.24, 2.45) is 0 Å². The molecule has 0 saturated carbocycles. The van der Waals surface area contributed by atoms with E-state index in [4.69, 9.17) is 4.74 Å². The highest BCUT2D eigenvalue weighted by Gasteiger charge is 2.07. The Kier molecular flexibility index (Phi) is 8.08. The number of hydrogen-bond acceptors (Lipinski definition) is 4. The number of hydrogen-bond donors (Lipinski definition) is 2. The van der Waals surface area contributed by atoms with Crippen LogP contribution in [0.3, 0.4) is 0 Å². The van der Waals surface area contributed by atoms with Gasteiger partial charge in [-0.05, 0) is 55.9 Å². The molecule has 23 heavy (non-hydrogen) atoms. The van der Waals surface area contributed by atoms with Crippen LogP contribution in [0.4, 0.5) is 0 Å². The molecule has 6 heteroatoms. The van der Waals surface area contributed by atoms with E-state index in [-0.39, 0.29) is 24.4 Å². The molecule has 0 fully saturated rings. The second-order valence-corrected chi connectivity index (χ2v) is 5.07. The van der Waals surface area contributed by atoms with Gasteiger partial charge in [-0.2, -0.15) is 0 Å². The number of pyridine rings is 1. The highest BCUT2D eigenvalue weighted by molar-refractivity contribution is 5.94. The monoisotopic (exact) mass is 335 g/mol. The minimum Gasteiger partial charge on any atom is -0.489 e. The van der Waals surface area contributed by atoms with Gasteiger partial charge in [0.2, 0.25) is 0 Å². The Labute approximate surface area is 142 Å². The van der Waals surface area contributed by atoms with Gasteiger partial charge in [0.05, 0.1) is 0 Å². The summed E-state index contributed by atoms with van der Waals surface area (Å²) in [6.07, 6.45) is 3.47. The van der Waals surface area contributed by atoms with Crippen LogP contribution >= 0.6 is 12.4 Å². The first-order valence-corrected chi connectivity index (χ1v) is 7.26. The first kappa shape index (κ1) is 18.9. The lowest BCUT2D eigenvalue weighted by Gasteiger charge is -2.11. The molecule has 0 aliphatic rings. The van der Waals surface area contributed by atoms with E-state index >= 15 is 0 Å². The second kappa shape index (κ2) is 9.82. The van der Waals surface area contributed by atoms with Crippen molar-refractivity contribution in [2.45, 2.75) is 19.6 Å². The normalized spacial score (nSPS) is 11.2. The van der Waals surface area contributed by atoms with Gasteiger partial charge in [-0.25, -0.2) is 0 Å². The van der Waals surface area contributed by atoms with Gasteiger partial charge in [-0.15, -0.1) is 12.4 Å². The quantitative estimate of drug-likeness (QED) is 0.815. The molecule has 2 aromatic rings. The molecule has 0 aliphatic heterocycles. The molecule has 0 saturated heterocycles. The number of rotatable bonds is 7. The molecule has 1 atom stereocenters. The lowest BCUT2D eigenvalue weighted by atomic mass is 10.2. The summed E-state index contributed by atoms with van der Waals surface area (Å²) < 4.78 is 5.67. The largest absolute Gasteiger partial charge is 0.489 e. The van der Waals surface area contributed by atoms with Crippen LogP contribution < -0.4 is 15.4 Å². The molecule has 1 unspecified atom stereocenters. The lowest BCUT2D eigenvalue weighted by molar-refractivity contribution is 0.0950. The fourth-order valence-corrected chi connectivity index (χ4v) is 1.80. The molecule has 0 radical (unpaired) electrons. The van der Waals surface area contributed by atoms with E-state index in [0.29, 0.717) is 18.7 Å². The molecule has 5 nitrogen and oxygen atoms in total. The van der Waals surface area contributed by atoms with Crippen LogP contribution in [-0.2, 0) is 6.61 Å². The number of ether oxygens (including phenoxy) is 1. The third-order valence-electron chi connectivity index (χ3n) is 3.33. The Bertz CT molecular complexity index is 591. The summed E-state index contributed by atoms with van der Waals surface area (Å²) >= 11 is 0. The number of carbonyl (C=O) groups is 1. The third kappa shape index (κ3) is 6.26. The number of aromatic nitrogens is 1. The average Bonchev–Trinajstić information content (AvgIpc) is 2.59. The zero-order valence-electron chi connectivity index (χ0n) is 13.3. The number of nitrogens with one attached hydrogen (secondary N) is 2. The van der Waals surface area contributed by atoms with E-state index < -0.39 is 0 Å². The number of amides is 1. The van der Waals surface area contributed by atoms with Crippen LogP contribution in [-0.4, -0.2) is 30.5 Å². The summed E-state index contributed by atoms with van der Waals surface area (Å²) in [5.74, 6) is 0.653. The Morgan fingerprint density at radius 3 is 2.43 bits per heavy atom. The van der Waals surface area contributed by atoms with Crippen molar-refractivity contribution in [1.82, 2.24) is 15.6 Å². The summed E-state index contributed by atoms with van der Waals surface area (Å²) in [6, 6.07) is 11.2. The molecule has 124 valence electrons. The van der Waals surface area contributed by atoms with E-state index in [9.17, 15) is 4.79 Å². The molecule has 1 amide bonds. The minimum absolute atomic E-state index is 0. The first-order chi connectivity index (χ1) is 10.7. The SMILES string of the molecule is CNC(C)CNC(=O)c1ccc(OCc2ccncc2)cc1.Cl. The predicted molar refractivity (Wildman–Crippen MR) is 93.1 cm³/mol. The molecule has 0 spiro atoms. The Morgan fingerprint density at radius 2 is 1.83 bits per heavy atom. The van der Waals surface area contributed by atoms with Gasteiger partial charge in [-0.1, -0.05) is 0 Å². The van der Waals surface area contributed by atoms with Crippen molar-refractivity contribution in [3.63, 3.8) is 0 Å². The number of likely N-dealkylation sites (N-methyl/N-ethyl adjacent to an activating group) is 1. The maximum Gasteiger partial charge on any atom is 0.251 e. The van der Waals surface area contributed by atoms with E-state index in [1.165, 1.54) is 0 Å².